The number of halogens is 4. The molecule has 1 aromatic carbocycles. The first-order chi connectivity index (χ1) is 15.6. The van der Waals surface area contributed by atoms with Crippen molar-refractivity contribution < 1.29 is 32.3 Å². The number of rotatable bonds is 4. The molecule has 1 aliphatic carbocycles. The zero-order valence-corrected chi connectivity index (χ0v) is 18.7. The van der Waals surface area contributed by atoms with E-state index in [1.54, 1.807) is 25.3 Å². The Hall–Kier alpha value is -3.31. The third-order valence-electron chi connectivity index (χ3n) is 6.65. The lowest BCUT2D eigenvalue weighted by Crippen LogP contribution is -2.49. The Balaban J connectivity index is 1.87. The Morgan fingerprint density at radius 1 is 1.26 bits per heavy atom. The zero-order chi connectivity index (χ0) is 25.3. The second-order valence-corrected chi connectivity index (χ2v) is 9.63. The summed E-state index contributed by atoms with van der Waals surface area (Å²) in [7, 11) is 0. The molecule has 1 amide bonds. The Morgan fingerprint density at radius 2 is 1.88 bits per heavy atom. The monoisotopic (exact) mass is 484 g/mol. The molecule has 2 fully saturated rings. The molecule has 2 aliphatic rings. The molecule has 0 bridgehead atoms. The van der Waals surface area contributed by atoms with Gasteiger partial charge in [0.05, 0.1) is 28.3 Å². The van der Waals surface area contributed by atoms with Gasteiger partial charge in [0.2, 0.25) is 5.43 Å². The van der Waals surface area contributed by atoms with Crippen molar-refractivity contribution in [2.24, 2.45) is 5.41 Å². The largest absolute Gasteiger partial charge is 0.477 e. The van der Waals surface area contributed by atoms with E-state index in [-0.39, 0.29) is 30.2 Å². The molecule has 1 saturated heterocycles. The Morgan fingerprint density at radius 3 is 2.41 bits per heavy atom. The topological polar surface area (TPSA) is 118 Å². The van der Waals surface area contributed by atoms with Crippen molar-refractivity contribution in [3.05, 3.63) is 33.4 Å². The first kappa shape index (κ1) is 23.8. The van der Waals surface area contributed by atoms with E-state index in [4.69, 9.17) is 5.73 Å². The average Bonchev–Trinajstić information content (AvgIpc) is 3.50. The molecule has 34 heavy (non-hydrogen) atoms. The number of aromatic nitrogens is 1. The number of anilines is 2. The Kier molecular flexibility index (Phi) is 5.33. The minimum absolute atomic E-state index is 0.0127. The van der Waals surface area contributed by atoms with Gasteiger partial charge in [-0.25, -0.2) is 9.18 Å². The summed E-state index contributed by atoms with van der Waals surface area (Å²) in [6, 6.07) is -1.01. The number of nitrogens with two attached hydrogens (primary N) is 1. The molecule has 1 atom stereocenters. The van der Waals surface area contributed by atoms with Gasteiger partial charge >= 0.3 is 18.1 Å². The van der Waals surface area contributed by atoms with E-state index in [0.29, 0.717) is 11.1 Å². The minimum Gasteiger partial charge on any atom is -0.477 e. The molecule has 1 aromatic heterocycles. The molecule has 2 aromatic rings. The number of pyridine rings is 1. The van der Waals surface area contributed by atoms with Crippen LogP contribution in [0.25, 0.3) is 10.9 Å². The Bertz CT molecular complexity index is 1280. The van der Waals surface area contributed by atoms with Gasteiger partial charge < -0.3 is 25.6 Å². The second-order valence-electron chi connectivity index (χ2n) is 9.63. The lowest BCUT2D eigenvalue weighted by Gasteiger charge is -2.27. The highest BCUT2D eigenvalue weighted by Gasteiger charge is 2.47. The molecule has 1 saturated carbocycles. The number of fused-ring (bicyclic) bond motifs is 1. The first-order valence-corrected chi connectivity index (χ1v) is 10.7. The van der Waals surface area contributed by atoms with Crippen molar-refractivity contribution in [3.63, 3.8) is 0 Å². The molecule has 184 valence electrons. The van der Waals surface area contributed by atoms with Gasteiger partial charge in [-0.1, -0.05) is 13.8 Å². The quantitative estimate of drug-likeness (QED) is 0.454. The van der Waals surface area contributed by atoms with Crippen LogP contribution in [0.2, 0.25) is 0 Å². The van der Waals surface area contributed by atoms with Gasteiger partial charge in [0.15, 0.2) is 5.82 Å². The number of nitrogen functional groups attached to an aromatic ring is 1. The summed E-state index contributed by atoms with van der Waals surface area (Å²) in [5.74, 6) is -4.48. The van der Waals surface area contributed by atoms with Gasteiger partial charge in [0.25, 0.3) is 0 Å². The highest BCUT2D eigenvalue weighted by Crippen LogP contribution is 2.44. The summed E-state index contributed by atoms with van der Waals surface area (Å²) >= 11 is 0. The van der Waals surface area contributed by atoms with Crippen molar-refractivity contribution in [3.8, 4) is 0 Å². The van der Waals surface area contributed by atoms with Gasteiger partial charge in [0, 0.05) is 30.7 Å². The number of nitrogens with one attached hydrogen (secondary N) is 1. The fraction of sp³-hybridized carbons (Fsp3) is 0.500. The molecule has 2 heterocycles. The molecule has 0 spiro atoms. The van der Waals surface area contributed by atoms with Crippen LogP contribution in [0.3, 0.4) is 0 Å². The SMILES string of the molecule is Cc1c(N2C[C@@H](NC(=O)C(F)(F)F)C(C)(C)C2)c(F)c(N)c2c(=O)c(C(=O)O)cn(C3CC3)c12. The van der Waals surface area contributed by atoms with Crippen LogP contribution >= 0.6 is 0 Å². The summed E-state index contributed by atoms with van der Waals surface area (Å²) in [4.78, 5) is 37.5. The van der Waals surface area contributed by atoms with E-state index in [9.17, 15) is 32.7 Å². The number of carboxylic acid groups (broad SMARTS) is 1. The number of carbonyl (C=O) groups is 2. The molecule has 4 N–H and O–H groups in total. The smallest absolute Gasteiger partial charge is 0.471 e. The van der Waals surface area contributed by atoms with Gasteiger partial charge in [-0.05, 0) is 25.3 Å². The van der Waals surface area contributed by atoms with Crippen LogP contribution < -0.4 is 21.4 Å². The average molecular weight is 484 g/mol. The lowest BCUT2D eigenvalue weighted by molar-refractivity contribution is -0.174. The van der Waals surface area contributed by atoms with Gasteiger partial charge in [-0.15, -0.1) is 0 Å². The second kappa shape index (κ2) is 7.60. The van der Waals surface area contributed by atoms with E-state index in [0.717, 1.165) is 12.8 Å². The molecular formula is C22H24F4N4O4. The number of alkyl halides is 3. The minimum atomic E-state index is -5.06. The normalized spacial score (nSPS) is 20.1. The van der Waals surface area contributed by atoms with Gasteiger partial charge in [0.1, 0.15) is 5.56 Å². The third-order valence-corrected chi connectivity index (χ3v) is 6.65. The summed E-state index contributed by atoms with van der Waals surface area (Å²) in [5, 5.41) is 11.2. The van der Waals surface area contributed by atoms with Crippen molar-refractivity contribution in [2.75, 3.05) is 23.7 Å². The maximum absolute atomic E-state index is 15.6. The Labute approximate surface area is 191 Å². The summed E-state index contributed by atoms with van der Waals surface area (Å²) < 4.78 is 55.7. The van der Waals surface area contributed by atoms with E-state index in [1.165, 1.54) is 11.1 Å². The predicted octanol–water partition coefficient (Wildman–Crippen LogP) is 2.96. The zero-order valence-electron chi connectivity index (χ0n) is 18.7. The van der Waals surface area contributed by atoms with E-state index < -0.39 is 52.0 Å². The molecule has 8 nitrogen and oxygen atoms in total. The van der Waals surface area contributed by atoms with Crippen LogP contribution in [0, 0.1) is 18.2 Å². The molecule has 4 rings (SSSR count). The molecule has 1 aliphatic heterocycles. The van der Waals surface area contributed by atoms with Crippen LogP contribution in [-0.4, -0.2) is 46.9 Å². The predicted molar refractivity (Wildman–Crippen MR) is 117 cm³/mol. The van der Waals surface area contributed by atoms with E-state index in [2.05, 4.69) is 0 Å². The number of carboxylic acids is 1. The fourth-order valence-electron chi connectivity index (χ4n) is 4.73. The standard InChI is InChI=1S/C22H24F4N4O4/c1-9-16-13(18(31)11(19(32)33)6-30(16)10-4-5-10)15(27)14(23)17(9)29-7-12(21(2,3)8-29)28-20(34)22(24,25)26/h6,10,12H,4-5,7-8,27H2,1-3H3,(H,28,34)(H,32,33)/t12-/m1/s1. The molecule has 0 unspecified atom stereocenters. The first-order valence-electron chi connectivity index (χ1n) is 10.7. The van der Waals surface area contributed by atoms with Crippen LogP contribution in [0.4, 0.5) is 28.9 Å². The van der Waals surface area contributed by atoms with Crippen LogP contribution in [0.5, 0.6) is 0 Å². The number of benzene rings is 1. The number of carbonyl (C=O) groups excluding carboxylic acids is 1. The number of amides is 1. The number of aryl methyl sites for hydroxylation is 1. The van der Waals surface area contributed by atoms with Crippen molar-refractivity contribution in [2.45, 2.75) is 51.9 Å². The van der Waals surface area contributed by atoms with Crippen LogP contribution in [0.15, 0.2) is 11.0 Å². The fourth-order valence-corrected chi connectivity index (χ4v) is 4.73. The van der Waals surface area contributed by atoms with E-state index >= 15 is 4.39 Å². The van der Waals surface area contributed by atoms with Crippen molar-refractivity contribution in [1.82, 2.24) is 9.88 Å². The molecule has 0 radical (unpaired) electrons. The van der Waals surface area contributed by atoms with Crippen LogP contribution in [-0.2, 0) is 4.79 Å². The summed E-state index contributed by atoms with van der Waals surface area (Å²) in [6.07, 6.45) is -2.34. The van der Waals surface area contributed by atoms with Crippen molar-refractivity contribution >= 4 is 34.2 Å². The lowest BCUT2D eigenvalue weighted by atomic mass is 9.88. The number of aromatic carboxylic acids is 1. The molecule has 12 heteroatoms. The highest BCUT2D eigenvalue weighted by atomic mass is 19.4. The third kappa shape index (κ3) is 3.74. The highest BCUT2D eigenvalue weighted by molar-refractivity contribution is 6.01. The van der Waals surface area contributed by atoms with Gasteiger partial charge in [-0.3, -0.25) is 9.59 Å². The maximum atomic E-state index is 15.6. The maximum Gasteiger partial charge on any atom is 0.471 e. The summed E-state index contributed by atoms with van der Waals surface area (Å²) in [6.45, 7) is 4.88. The van der Waals surface area contributed by atoms with Gasteiger partial charge in [-0.2, -0.15) is 13.2 Å². The number of hydrogen-bond donors (Lipinski definition) is 3. The number of hydrogen-bond acceptors (Lipinski definition) is 5. The van der Waals surface area contributed by atoms with Crippen LogP contribution in [0.1, 0.15) is 48.7 Å². The molecular weight excluding hydrogens is 460 g/mol. The number of nitrogens with zero attached hydrogens (tertiary/aromatic N) is 2. The summed E-state index contributed by atoms with van der Waals surface area (Å²) in [5.41, 5.74) is 3.89. The van der Waals surface area contributed by atoms with E-state index in [1.807, 2.05) is 5.32 Å². The van der Waals surface area contributed by atoms with Crippen molar-refractivity contribution in [1.29, 1.82) is 0 Å².